The van der Waals surface area contributed by atoms with Crippen molar-refractivity contribution in [3.8, 4) is 0 Å². The number of hydrogen-bond acceptors (Lipinski definition) is 3. The van der Waals surface area contributed by atoms with E-state index in [0.29, 0.717) is 11.9 Å². The van der Waals surface area contributed by atoms with E-state index in [9.17, 15) is 4.79 Å². The molecule has 2 unspecified atom stereocenters. The van der Waals surface area contributed by atoms with E-state index in [1.165, 1.54) is 0 Å². The van der Waals surface area contributed by atoms with Crippen LogP contribution in [0, 0.1) is 5.92 Å². The molecule has 2 atom stereocenters. The van der Waals surface area contributed by atoms with E-state index in [1.807, 2.05) is 0 Å². The highest BCUT2D eigenvalue weighted by Crippen LogP contribution is 2.27. The van der Waals surface area contributed by atoms with Crippen molar-refractivity contribution in [2.24, 2.45) is 11.7 Å². The van der Waals surface area contributed by atoms with Crippen LogP contribution in [0.4, 0.5) is 0 Å². The van der Waals surface area contributed by atoms with E-state index >= 15 is 0 Å². The molecule has 0 aromatic heterocycles. The normalized spacial score (nSPS) is 31.2. The van der Waals surface area contributed by atoms with Gasteiger partial charge in [-0.1, -0.05) is 0 Å². The third-order valence-corrected chi connectivity index (χ3v) is 4.33. The summed E-state index contributed by atoms with van der Waals surface area (Å²) in [6.45, 7) is 1.85. The summed E-state index contributed by atoms with van der Waals surface area (Å²) in [5, 5.41) is 0. The maximum absolute atomic E-state index is 12.3. The lowest BCUT2D eigenvalue weighted by Gasteiger charge is -2.36. The van der Waals surface area contributed by atoms with Gasteiger partial charge in [0, 0.05) is 31.1 Å². The minimum absolute atomic E-state index is 0.209. The van der Waals surface area contributed by atoms with Crippen LogP contribution >= 0.6 is 0 Å². The van der Waals surface area contributed by atoms with Crippen molar-refractivity contribution >= 4 is 5.91 Å². The molecule has 1 saturated carbocycles. The van der Waals surface area contributed by atoms with Crippen molar-refractivity contribution in [2.75, 3.05) is 27.2 Å². The quantitative estimate of drug-likeness (QED) is 0.770. The highest BCUT2D eigenvalue weighted by Gasteiger charge is 2.32. The molecule has 0 spiro atoms. The Morgan fingerprint density at radius 2 is 1.82 bits per heavy atom. The summed E-state index contributed by atoms with van der Waals surface area (Å²) in [5.74, 6) is 0.566. The molecule has 2 rings (SSSR count). The standard InChI is InChI=1S/C13H25N3O/c1-15(2)12-5-7-16(8-6-12)13(17)10-3-4-11(14)9-10/h10-12H,3-9,14H2,1-2H3. The summed E-state index contributed by atoms with van der Waals surface area (Å²) >= 11 is 0. The summed E-state index contributed by atoms with van der Waals surface area (Å²) in [6.07, 6.45) is 5.12. The first-order valence-electron chi connectivity index (χ1n) is 6.78. The maximum Gasteiger partial charge on any atom is 0.225 e. The van der Waals surface area contributed by atoms with Gasteiger partial charge in [-0.15, -0.1) is 0 Å². The fourth-order valence-electron chi connectivity index (χ4n) is 3.10. The average molecular weight is 239 g/mol. The van der Waals surface area contributed by atoms with Crippen molar-refractivity contribution < 1.29 is 4.79 Å². The van der Waals surface area contributed by atoms with E-state index in [0.717, 1.165) is 45.2 Å². The fraction of sp³-hybridized carbons (Fsp3) is 0.923. The first-order chi connectivity index (χ1) is 8.08. The van der Waals surface area contributed by atoms with Gasteiger partial charge in [-0.2, -0.15) is 0 Å². The molecular formula is C13H25N3O. The number of nitrogens with two attached hydrogens (primary N) is 1. The van der Waals surface area contributed by atoms with Crippen molar-refractivity contribution in [1.29, 1.82) is 0 Å². The van der Waals surface area contributed by atoms with Crippen LogP contribution in [0.3, 0.4) is 0 Å². The van der Waals surface area contributed by atoms with Gasteiger partial charge in [0.2, 0.25) is 5.91 Å². The van der Waals surface area contributed by atoms with Crippen LogP contribution in [-0.4, -0.2) is 55.0 Å². The van der Waals surface area contributed by atoms with Gasteiger partial charge in [-0.3, -0.25) is 4.79 Å². The van der Waals surface area contributed by atoms with E-state index in [2.05, 4.69) is 23.9 Å². The molecule has 4 nitrogen and oxygen atoms in total. The maximum atomic E-state index is 12.3. The Morgan fingerprint density at radius 3 is 2.29 bits per heavy atom. The zero-order valence-electron chi connectivity index (χ0n) is 11.1. The van der Waals surface area contributed by atoms with Gasteiger partial charge < -0.3 is 15.5 Å². The summed E-state index contributed by atoms with van der Waals surface area (Å²) in [4.78, 5) is 16.6. The van der Waals surface area contributed by atoms with Crippen LogP contribution in [0.15, 0.2) is 0 Å². The number of carbonyl (C=O) groups excluding carboxylic acids is 1. The molecule has 2 fully saturated rings. The second kappa shape index (κ2) is 5.36. The Kier molecular flexibility index (Phi) is 4.05. The van der Waals surface area contributed by atoms with E-state index < -0.39 is 0 Å². The number of hydrogen-bond donors (Lipinski definition) is 1. The highest BCUT2D eigenvalue weighted by molar-refractivity contribution is 5.79. The van der Waals surface area contributed by atoms with Crippen molar-refractivity contribution in [2.45, 2.75) is 44.2 Å². The Labute approximate surface area is 104 Å². The van der Waals surface area contributed by atoms with Gasteiger partial charge in [-0.05, 0) is 46.2 Å². The van der Waals surface area contributed by atoms with Crippen LogP contribution in [-0.2, 0) is 4.79 Å². The molecule has 98 valence electrons. The molecule has 17 heavy (non-hydrogen) atoms. The predicted octanol–water partition coefficient (Wildman–Crippen LogP) is 0.666. The van der Waals surface area contributed by atoms with E-state index in [4.69, 9.17) is 5.73 Å². The van der Waals surface area contributed by atoms with Crippen LogP contribution in [0.2, 0.25) is 0 Å². The minimum atomic E-state index is 0.209. The largest absolute Gasteiger partial charge is 0.342 e. The zero-order chi connectivity index (χ0) is 12.4. The minimum Gasteiger partial charge on any atom is -0.342 e. The fourth-order valence-corrected chi connectivity index (χ4v) is 3.10. The number of rotatable bonds is 2. The summed E-state index contributed by atoms with van der Waals surface area (Å²) in [7, 11) is 4.25. The average Bonchev–Trinajstić information content (AvgIpc) is 2.75. The van der Waals surface area contributed by atoms with Gasteiger partial charge in [0.1, 0.15) is 0 Å². The lowest BCUT2D eigenvalue weighted by atomic mass is 10.0. The van der Waals surface area contributed by atoms with Crippen LogP contribution < -0.4 is 5.73 Å². The molecular weight excluding hydrogens is 214 g/mol. The second-order valence-corrected chi connectivity index (χ2v) is 5.79. The molecule has 1 amide bonds. The third kappa shape index (κ3) is 2.99. The molecule has 0 aromatic rings. The second-order valence-electron chi connectivity index (χ2n) is 5.79. The highest BCUT2D eigenvalue weighted by atomic mass is 16.2. The number of amides is 1. The van der Waals surface area contributed by atoms with E-state index in [-0.39, 0.29) is 12.0 Å². The van der Waals surface area contributed by atoms with Gasteiger partial charge in [-0.25, -0.2) is 0 Å². The zero-order valence-corrected chi connectivity index (χ0v) is 11.1. The lowest BCUT2D eigenvalue weighted by molar-refractivity contribution is -0.136. The Hall–Kier alpha value is -0.610. The number of likely N-dealkylation sites (tertiary alicyclic amines) is 1. The van der Waals surface area contributed by atoms with Crippen LogP contribution in [0.5, 0.6) is 0 Å². The van der Waals surface area contributed by atoms with Crippen LogP contribution in [0.1, 0.15) is 32.1 Å². The van der Waals surface area contributed by atoms with Gasteiger partial charge in [0.25, 0.3) is 0 Å². The smallest absolute Gasteiger partial charge is 0.225 e. The SMILES string of the molecule is CN(C)C1CCN(C(=O)C2CCC(N)C2)CC1. The molecule has 0 radical (unpaired) electrons. The summed E-state index contributed by atoms with van der Waals surface area (Å²) in [5.41, 5.74) is 5.88. The third-order valence-electron chi connectivity index (χ3n) is 4.33. The van der Waals surface area contributed by atoms with Gasteiger partial charge in [0.05, 0.1) is 0 Å². The van der Waals surface area contributed by atoms with E-state index in [1.54, 1.807) is 0 Å². The van der Waals surface area contributed by atoms with Crippen molar-refractivity contribution in [3.05, 3.63) is 0 Å². The summed E-state index contributed by atoms with van der Waals surface area (Å²) < 4.78 is 0. The molecule has 4 heteroatoms. The molecule has 2 N–H and O–H groups in total. The first kappa shape index (κ1) is 12.8. The Balaban J connectivity index is 1.82. The molecule has 2 aliphatic rings. The van der Waals surface area contributed by atoms with Gasteiger partial charge >= 0.3 is 0 Å². The molecule has 1 saturated heterocycles. The summed E-state index contributed by atoms with van der Waals surface area (Å²) in [6, 6.07) is 0.896. The Morgan fingerprint density at radius 1 is 1.18 bits per heavy atom. The Bertz CT molecular complexity index is 272. The van der Waals surface area contributed by atoms with Crippen molar-refractivity contribution in [3.63, 3.8) is 0 Å². The lowest BCUT2D eigenvalue weighted by Crippen LogP contribution is -2.46. The first-order valence-corrected chi connectivity index (χ1v) is 6.78. The number of piperidine rings is 1. The number of carbonyl (C=O) groups is 1. The monoisotopic (exact) mass is 239 g/mol. The number of nitrogens with zero attached hydrogens (tertiary/aromatic N) is 2. The topological polar surface area (TPSA) is 49.6 Å². The molecule has 0 bridgehead atoms. The molecule has 1 aliphatic heterocycles. The van der Waals surface area contributed by atoms with Crippen LogP contribution in [0.25, 0.3) is 0 Å². The molecule has 0 aromatic carbocycles. The molecule has 1 heterocycles. The van der Waals surface area contributed by atoms with Crippen molar-refractivity contribution in [1.82, 2.24) is 9.80 Å². The van der Waals surface area contributed by atoms with Gasteiger partial charge in [0.15, 0.2) is 0 Å². The molecule has 1 aliphatic carbocycles. The predicted molar refractivity (Wildman–Crippen MR) is 68.6 cm³/mol.